The Morgan fingerprint density at radius 2 is 1.69 bits per heavy atom. The summed E-state index contributed by atoms with van der Waals surface area (Å²) >= 11 is 0. The van der Waals surface area contributed by atoms with Crippen molar-refractivity contribution in [3.05, 3.63) is 53.6 Å². The summed E-state index contributed by atoms with van der Waals surface area (Å²) in [6, 6.07) is 13.5. The summed E-state index contributed by atoms with van der Waals surface area (Å²) in [6.45, 7) is 10.0. The van der Waals surface area contributed by atoms with Crippen molar-refractivity contribution >= 4 is 5.96 Å². The second-order valence-corrected chi connectivity index (χ2v) is 7.66. The SMILES string of the molecule is CCNC(=NCc1ccccc1OC(C)(C)C)NCCc1cccc(OC)c1O. The Kier molecular flexibility index (Phi) is 8.19. The lowest BCUT2D eigenvalue weighted by Crippen LogP contribution is -2.38. The van der Waals surface area contributed by atoms with Gasteiger partial charge in [-0.1, -0.05) is 30.3 Å². The van der Waals surface area contributed by atoms with E-state index in [0.717, 1.165) is 29.4 Å². The van der Waals surface area contributed by atoms with Gasteiger partial charge in [0.1, 0.15) is 11.4 Å². The highest BCUT2D eigenvalue weighted by molar-refractivity contribution is 5.79. The van der Waals surface area contributed by atoms with Crippen LogP contribution in [-0.2, 0) is 13.0 Å². The number of methoxy groups -OCH3 is 1. The van der Waals surface area contributed by atoms with Gasteiger partial charge >= 0.3 is 0 Å². The van der Waals surface area contributed by atoms with Gasteiger partial charge in [0.05, 0.1) is 13.7 Å². The molecule has 0 aliphatic rings. The van der Waals surface area contributed by atoms with Crippen LogP contribution in [0, 0.1) is 0 Å². The average molecular weight is 400 g/mol. The van der Waals surface area contributed by atoms with Gasteiger partial charge in [-0.2, -0.15) is 0 Å². The fourth-order valence-corrected chi connectivity index (χ4v) is 2.82. The first-order chi connectivity index (χ1) is 13.8. The van der Waals surface area contributed by atoms with Gasteiger partial charge in [0.2, 0.25) is 0 Å². The van der Waals surface area contributed by atoms with Crippen molar-refractivity contribution in [1.29, 1.82) is 0 Å². The van der Waals surface area contributed by atoms with Gasteiger partial charge in [-0.3, -0.25) is 0 Å². The molecule has 0 radical (unpaired) electrons. The molecule has 0 heterocycles. The number of hydrogen-bond acceptors (Lipinski definition) is 4. The average Bonchev–Trinajstić information content (AvgIpc) is 2.67. The van der Waals surface area contributed by atoms with Crippen molar-refractivity contribution in [3.63, 3.8) is 0 Å². The number of phenols is 1. The molecule has 0 aliphatic carbocycles. The number of benzene rings is 2. The third-order valence-electron chi connectivity index (χ3n) is 4.13. The summed E-state index contributed by atoms with van der Waals surface area (Å²) in [5.41, 5.74) is 1.60. The molecule has 3 N–H and O–H groups in total. The van der Waals surface area contributed by atoms with Crippen LogP contribution in [0.2, 0.25) is 0 Å². The van der Waals surface area contributed by atoms with Crippen LogP contribution in [0.5, 0.6) is 17.2 Å². The van der Waals surface area contributed by atoms with E-state index in [-0.39, 0.29) is 11.4 Å². The maximum absolute atomic E-state index is 10.2. The zero-order chi connectivity index (χ0) is 21.3. The Morgan fingerprint density at radius 1 is 1.00 bits per heavy atom. The predicted molar refractivity (Wildman–Crippen MR) is 118 cm³/mol. The molecule has 0 saturated heterocycles. The summed E-state index contributed by atoms with van der Waals surface area (Å²) in [7, 11) is 1.55. The third-order valence-corrected chi connectivity index (χ3v) is 4.13. The Balaban J connectivity index is 2.02. The maximum atomic E-state index is 10.2. The number of hydrogen-bond donors (Lipinski definition) is 3. The smallest absolute Gasteiger partial charge is 0.191 e. The van der Waals surface area contributed by atoms with Crippen LogP contribution in [0.25, 0.3) is 0 Å². The Labute approximate surface area is 174 Å². The van der Waals surface area contributed by atoms with Crippen molar-refractivity contribution < 1.29 is 14.6 Å². The number of guanidine groups is 1. The molecule has 2 aromatic carbocycles. The van der Waals surface area contributed by atoms with Gasteiger partial charge in [0, 0.05) is 18.7 Å². The quantitative estimate of drug-likeness (QED) is 0.464. The summed E-state index contributed by atoms with van der Waals surface area (Å²) < 4.78 is 11.2. The summed E-state index contributed by atoms with van der Waals surface area (Å²) in [6.07, 6.45) is 0.650. The third kappa shape index (κ3) is 7.22. The highest BCUT2D eigenvalue weighted by atomic mass is 16.5. The molecule has 158 valence electrons. The molecule has 0 fully saturated rings. The van der Waals surface area contributed by atoms with E-state index in [4.69, 9.17) is 9.47 Å². The molecule has 29 heavy (non-hydrogen) atoms. The first kappa shape index (κ1) is 22.4. The standard InChI is InChI=1S/C23H33N3O3/c1-6-24-22(25-15-14-17-11-9-13-20(28-5)21(17)27)26-16-18-10-7-8-12-19(18)29-23(2,3)4/h7-13,27H,6,14-16H2,1-5H3,(H2,24,25,26). The van der Waals surface area contributed by atoms with E-state index in [1.54, 1.807) is 13.2 Å². The molecule has 0 aromatic heterocycles. The number of phenolic OH excluding ortho intramolecular Hbond substituents is 1. The van der Waals surface area contributed by atoms with Gasteiger partial charge in [-0.05, 0) is 51.8 Å². The normalized spacial score (nSPS) is 11.8. The van der Waals surface area contributed by atoms with E-state index < -0.39 is 0 Å². The zero-order valence-corrected chi connectivity index (χ0v) is 18.1. The van der Waals surface area contributed by atoms with Crippen molar-refractivity contribution in [3.8, 4) is 17.2 Å². The molecule has 0 saturated carbocycles. The molecule has 0 unspecified atom stereocenters. The number of aliphatic imine (C=N–C) groups is 1. The highest BCUT2D eigenvalue weighted by Crippen LogP contribution is 2.29. The van der Waals surface area contributed by atoms with Crippen LogP contribution in [0.1, 0.15) is 38.8 Å². The molecule has 0 spiro atoms. The molecule has 2 aromatic rings. The van der Waals surface area contributed by atoms with Crippen LogP contribution in [-0.4, -0.2) is 36.9 Å². The first-order valence-electron chi connectivity index (χ1n) is 9.98. The number of para-hydroxylation sites is 2. The van der Waals surface area contributed by atoms with Crippen LogP contribution < -0.4 is 20.1 Å². The number of aromatic hydroxyl groups is 1. The minimum atomic E-state index is -0.263. The van der Waals surface area contributed by atoms with E-state index in [1.165, 1.54) is 0 Å². The Hall–Kier alpha value is -2.89. The second-order valence-electron chi connectivity index (χ2n) is 7.66. The lowest BCUT2D eigenvalue weighted by Gasteiger charge is -2.23. The molecule has 2 rings (SSSR count). The topological polar surface area (TPSA) is 75.1 Å². The van der Waals surface area contributed by atoms with E-state index in [9.17, 15) is 5.11 Å². The lowest BCUT2D eigenvalue weighted by molar-refractivity contribution is 0.129. The van der Waals surface area contributed by atoms with Gasteiger partial charge < -0.3 is 25.2 Å². The van der Waals surface area contributed by atoms with Crippen LogP contribution in [0.3, 0.4) is 0 Å². The molecule has 0 atom stereocenters. The van der Waals surface area contributed by atoms with E-state index in [2.05, 4.69) is 15.6 Å². The highest BCUT2D eigenvalue weighted by Gasteiger charge is 2.14. The van der Waals surface area contributed by atoms with Gasteiger partial charge in [0.25, 0.3) is 0 Å². The number of rotatable bonds is 8. The Bertz CT molecular complexity index is 813. The van der Waals surface area contributed by atoms with Gasteiger partial charge in [0.15, 0.2) is 17.5 Å². The minimum Gasteiger partial charge on any atom is -0.504 e. The maximum Gasteiger partial charge on any atom is 0.191 e. The molecular weight excluding hydrogens is 366 g/mol. The second kappa shape index (κ2) is 10.6. The van der Waals surface area contributed by atoms with E-state index in [1.807, 2.05) is 64.1 Å². The van der Waals surface area contributed by atoms with Crippen LogP contribution in [0.15, 0.2) is 47.5 Å². The van der Waals surface area contributed by atoms with Crippen molar-refractivity contribution in [2.75, 3.05) is 20.2 Å². The Morgan fingerprint density at radius 3 is 2.38 bits per heavy atom. The lowest BCUT2D eigenvalue weighted by atomic mass is 10.1. The van der Waals surface area contributed by atoms with Crippen molar-refractivity contribution in [2.45, 2.75) is 46.3 Å². The van der Waals surface area contributed by atoms with Crippen molar-refractivity contribution in [1.82, 2.24) is 10.6 Å². The summed E-state index contributed by atoms with van der Waals surface area (Å²) in [5.74, 6) is 2.24. The largest absolute Gasteiger partial charge is 0.504 e. The van der Waals surface area contributed by atoms with E-state index >= 15 is 0 Å². The van der Waals surface area contributed by atoms with Crippen LogP contribution >= 0.6 is 0 Å². The molecular formula is C23H33N3O3. The number of nitrogens with zero attached hydrogens (tertiary/aromatic N) is 1. The minimum absolute atomic E-state index is 0.187. The molecule has 6 heteroatoms. The monoisotopic (exact) mass is 399 g/mol. The molecule has 0 aliphatic heterocycles. The predicted octanol–water partition coefficient (Wildman–Crippen LogP) is 3.88. The molecule has 6 nitrogen and oxygen atoms in total. The zero-order valence-electron chi connectivity index (χ0n) is 18.1. The molecule has 0 amide bonds. The van der Waals surface area contributed by atoms with Crippen LogP contribution in [0.4, 0.5) is 0 Å². The first-order valence-corrected chi connectivity index (χ1v) is 9.98. The van der Waals surface area contributed by atoms with Crippen molar-refractivity contribution in [2.24, 2.45) is 4.99 Å². The summed E-state index contributed by atoms with van der Waals surface area (Å²) in [5, 5.41) is 16.8. The van der Waals surface area contributed by atoms with Gasteiger partial charge in [-0.15, -0.1) is 0 Å². The number of ether oxygens (including phenoxy) is 2. The number of nitrogens with one attached hydrogen (secondary N) is 2. The fourth-order valence-electron chi connectivity index (χ4n) is 2.82. The van der Waals surface area contributed by atoms with Gasteiger partial charge in [-0.25, -0.2) is 4.99 Å². The van der Waals surface area contributed by atoms with E-state index in [0.29, 0.717) is 25.3 Å². The fraction of sp³-hybridized carbons (Fsp3) is 0.435. The molecule has 0 bridgehead atoms. The summed E-state index contributed by atoms with van der Waals surface area (Å²) in [4.78, 5) is 4.69.